The summed E-state index contributed by atoms with van der Waals surface area (Å²) >= 11 is 0. The molecule has 0 saturated carbocycles. The van der Waals surface area contributed by atoms with Crippen LogP contribution >= 0.6 is 0 Å². The van der Waals surface area contributed by atoms with Gasteiger partial charge in [-0.15, -0.1) is 0 Å². The molecule has 28 heavy (non-hydrogen) atoms. The van der Waals surface area contributed by atoms with E-state index in [9.17, 15) is 32.9 Å². The number of non-ortho nitro benzene ring substituents is 1. The van der Waals surface area contributed by atoms with Gasteiger partial charge in [0.25, 0.3) is 17.2 Å². The highest BCUT2D eigenvalue weighted by Gasteiger charge is 2.31. The molecule has 0 saturated heterocycles. The molecule has 144 valence electrons. The molecule has 2 N–H and O–H groups in total. The molecule has 0 fully saturated rings. The summed E-state index contributed by atoms with van der Waals surface area (Å²) in [5.41, 5.74) is -2.74. The van der Waals surface area contributed by atoms with Gasteiger partial charge >= 0.3 is 6.18 Å². The Hall–Kier alpha value is -3.96. The summed E-state index contributed by atoms with van der Waals surface area (Å²) in [5, 5.41) is 16.8. The molecule has 3 aromatic rings. The number of alkyl halides is 3. The van der Waals surface area contributed by atoms with Gasteiger partial charge in [0, 0.05) is 24.5 Å². The molecule has 0 bridgehead atoms. The number of hydrogen-bond donors (Lipinski definition) is 2. The van der Waals surface area contributed by atoms with Crippen molar-refractivity contribution in [2.45, 2.75) is 6.18 Å². The Kier molecular flexibility index (Phi) is 4.69. The number of aromatic nitrogens is 3. The van der Waals surface area contributed by atoms with E-state index in [1.54, 1.807) is 0 Å². The fourth-order valence-corrected chi connectivity index (χ4v) is 2.26. The monoisotopic (exact) mass is 393 g/mol. The summed E-state index contributed by atoms with van der Waals surface area (Å²) < 4.78 is 39.4. The van der Waals surface area contributed by atoms with Gasteiger partial charge in [-0.2, -0.15) is 18.3 Å². The Morgan fingerprint density at radius 3 is 2.68 bits per heavy atom. The van der Waals surface area contributed by atoms with E-state index in [0.29, 0.717) is 18.0 Å². The first-order chi connectivity index (χ1) is 13.1. The number of anilines is 1. The summed E-state index contributed by atoms with van der Waals surface area (Å²) in [6, 6.07) is 7.20. The zero-order chi connectivity index (χ0) is 20.5. The molecule has 0 aliphatic heterocycles. The number of aromatic amines is 1. The molecular formula is C16H10F3N5O4. The summed E-state index contributed by atoms with van der Waals surface area (Å²) in [6.45, 7) is 0. The normalized spacial score (nSPS) is 11.2. The Morgan fingerprint density at radius 2 is 2.00 bits per heavy atom. The third kappa shape index (κ3) is 3.90. The van der Waals surface area contributed by atoms with E-state index in [1.807, 2.05) is 4.98 Å². The Labute approximate surface area is 153 Å². The van der Waals surface area contributed by atoms with Gasteiger partial charge in [-0.05, 0) is 18.2 Å². The number of nitrogens with one attached hydrogen (secondary N) is 2. The Morgan fingerprint density at radius 1 is 1.25 bits per heavy atom. The summed E-state index contributed by atoms with van der Waals surface area (Å²) in [6.07, 6.45) is -2.87. The minimum atomic E-state index is -4.70. The van der Waals surface area contributed by atoms with Crippen molar-refractivity contribution in [1.82, 2.24) is 14.8 Å². The number of H-pyrrole nitrogens is 1. The summed E-state index contributed by atoms with van der Waals surface area (Å²) in [7, 11) is 0. The van der Waals surface area contributed by atoms with Crippen molar-refractivity contribution in [3.8, 4) is 5.69 Å². The van der Waals surface area contributed by atoms with Crippen molar-refractivity contribution in [3.05, 3.63) is 80.5 Å². The van der Waals surface area contributed by atoms with Crippen LogP contribution in [0.5, 0.6) is 0 Å². The van der Waals surface area contributed by atoms with Crippen LogP contribution in [0.2, 0.25) is 0 Å². The molecule has 1 aromatic carbocycles. The second-order valence-electron chi connectivity index (χ2n) is 5.51. The zero-order valence-electron chi connectivity index (χ0n) is 13.7. The Bertz CT molecular complexity index is 1120. The van der Waals surface area contributed by atoms with Crippen LogP contribution in [0.4, 0.5) is 24.5 Å². The minimum absolute atomic E-state index is 0.186. The predicted octanol–water partition coefficient (Wildman–Crippen LogP) is 2.74. The second-order valence-corrected chi connectivity index (χ2v) is 5.51. The largest absolute Gasteiger partial charge is 0.417 e. The van der Waals surface area contributed by atoms with Gasteiger partial charge in [0.05, 0.1) is 16.2 Å². The van der Waals surface area contributed by atoms with Gasteiger partial charge in [-0.1, -0.05) is 6.07 Å². The van der Waals surface area contributed by atoms with Crippen molar-refractivity contribution in [2.75, 3.05) is 5.32 Å². The zero-order valence-corrected chi connectivity index (χ0v) is 13.7. The van der Waals surface area contributed by atoms with Crippen molar-refractivity contribution >= 4 is 17.3 Å². The number of pyridine rings is 1. The maximum Gasteiger partial charge on any atom is 0.417 e. The van der Waals surface area contributed by atoms with Crippen LogP contribution in [0.3, 0.4) is 0 Å². The number of halogens is 3. The first-order valence-electron chi connectivity index (χ1n) is 7.57. The summed E-state index contributed by atoms with van der Waals surface area (Å²) in [4.78, 5) is 36.0. The van der Waals surface area contributed by atoms with E-state index in [1.165, 1.54) is 41.2 Å². The van der Waals surface area contributed by atoms with Gasteiger partial charge in [-0.3, -0.25) is 19.7 Å². The Balaban J connectivity index is 1.85. The lowest BCUT2D eigenvalue weighted by atomic mass is 10.2. The molecule has 0 radical (unpaired) electrons. The fraction of sp³-hybridized carbons (Fsp3) is 0.0625. The number of rotatable bonds is 4. The highest BCUT2D eigenvalue weighted by atomic mass is 19.4. The topological polar surface area (TPSA) is 123 Å². The standard InChI is InChI=1S/C16H10F3N5O4/c17-16(18,19)9-6-13(14(25)20-8-9)21-15(26)12-4-5-23(22-12)10-2-1-3-11(7-10)24(27)28/h1-8H,(H,20,25)(H,21,26). The van der Waals surface area contributed by atoms with Gasteiger partial charge < -0.3 is 10.3 Å². The molecule has 0 unspecified atom stereocenters. The second kappa shape index (κ2) is 6.98. The van der Waals surface area contributed by atoms with Crippen LogP contribution in [0.15, 0.2) is 53.6 Å². The molecule has 1 amide bonds. The molecule has 0 atom stereocenters. The average Bonchev–Trinajstić information content (AvgIpc) is 3.13. The first-order valence-corrected chi connectivity index (χ1v) is 7.57. The van der Waals surface area contributed by atoms with Gasteiger partial charge in [0.1, 0.15) is 5.69 Å². The molecule has 12 heteroatoms. The number of nitro groups is 1. The van der Waals surface area contributed by atoms with E-state index in [-0.39, 0.29) is 11.4 Å². The number of carbonyl (C=O) groups is 1. The molecule has 0 aliphatic rings. The van der Waals surface area contributed by atoms with E-state index in [0.717, 1.165) is 0 Å². The van der Waals surface area contributed by atoms with Crippen molar-refractivity contribution in [1.29, 1.82) is 0 Å². The lowest BCUT2D eigenvalue weighted by molar-refractivity contribution is -0.384. The van der Waals surface area contributed by atoms with Crippen molar-refractivity contribution in [2.24, 2.45) is 0 Å². The minimum Gasteiger partial charge on any atom is -0.327 e. The number of hydrogen-bond acceptors (Lipinski definition) is 5. The van der Waals surface area contributed by atoms with Crippen LogP contribution in [0, 0.1) is 10.1 Å². The molecule has 0 aliphatic carbocycles. The maximum absolute atomic E-state index is 12.7. The quantitative estimate of drug-likeness (QED) is 0.521. The number of amides is 1. The van der Waals surface area contributed by atoms with Crippen LogP contribution in [0.25, 0.3) is 5.69 Å². The molecular weight excluding hydrogens is 383 g/mol. The third-order valence-electron chi connectivity index (χ3n) is 3.61. The van der Waals surface area contributed by atoms with Crippen LogP contribution in [-0.2, 0) is 6.18 Å². The van der Waals surface area contributed by atoms with E-state index < -0.39 is 33.8 Å². The van der Waals surface area contributed by atoms with Crippen LogP contribution in [0.1, 0.15) is 16.1 Å². The third-order valence-corrected chi connectivity index (χ3v) is 3.61. The maximum atomic E-state index is 12.7. The van der Waals surface area contributed by atoms with E-state index in [4.69, 9.17) is 0 Å². The van der Waals surface area contributed by atoms with Gasteiger partial charge in [-0.25, -0.2) is 4.68 Å². The molecule has 9 nitrogen and oxygen atoms in total. The van der Waals surface area contributed by atoms with E-state index in [2.05, 4.69) is 10.4 Å². The number of nitro benzene ring substituents is 1. The first kappa shape index (κ1) is 18.8. The predicted molar refractivity (Wildman–Crippen MR) is 90.2 cm³/mol. The molecule has 2 heterocycles. The fourth-order valence-electron chi connectivity index (χ4n) is 2.26. The number of nitrogens with zero attached hydrogens (tertiary/aromatic N) is 3. The SMILES string of the molecule is O=C(Nc1cc(C(F)(F)F)c[nH]c1=O)c1ccn(-c2cccc([N+](=O)[O-])c2)n1. The number of carbonyl (C=O) groups excluding carboxylic acids is 1. The average molecular weight is 393 g/mol. The van der Waals surface area contributed by atoms with Gasteiger partial charge in [0.15, 0.2) is 5.69 Å². The number of benzene rings is 1. The van der Waals surface area contributed by atoms with Crippen molar-refractivity contribution in [3.63, 3.8) is 0 Å². The smallest absolute Gasteiger partial charge is 0.327 e. The summed E-state index contributed by atoms with van der Waals surface area (Å²) in [5.74, 6) is -0.922. The van der Waals surface area contributed by atoms with Gasteiger partial charge in [0.2, 0.25) is 0 Å². The molecule has 3 rings (SSSR count). The lowest BCUT2D eigenvalue weighted by Crippen LogP contribution is -2.22. The highest BCUT2D eigenvalue weighted by molar-refractivity contribution is 6.02. The highest BCUT2D eigenvalue weighted by Crippen LogP contribution is 2.29. The molecule has 0 spiro atoms. The van der Waals surface area contributed by atoms with Crippen LogP contribution in [-0.4, -0.2) is 25.6 Å². The molecule has 2 aromatic heterocycles. The lowest BCUT2D eigenvalue weighted by Gasteiger charge is -2.08. The van der Waals surface area contributed by atoms with E-state index >= 15 is 0 Å². The van der Waals surface area contributed by atoms with Crippen molar-refractivity contribution < 1.29 is 22.9 Å². The van der Waals surface area contributed by atoms with Crippen LogP contribution < -0.4 is 10.9 Å².